The minimum Gasteiger partial charge on any atom is -0.497 e. The fourth-order valence-electron chi connectivity index (χ4n) is 5.57. The van der Waals surface area contributed by atoms with Gasteiger partial charge in [0, 0.05) is 19.6 Å². The number of likely N-dealkylation sites (tertiary alicyclic amines) is 2. The molecule has 1 atom stereocenters. The first kappa shape index (κ1) is 30.4. The monoisotopic (exact) mass is 561 g/mol. The molecule has 0 radical (unpaired) electrons. The van der Waals surface area contributed by atoms with Gasteiger partial charge in [0.2, 0.25) is 5.91 Å². The van der Waals surface area contributed by atoms with Crippen LogP contribution in [0.1, 0.15) is 42.9 Å². The van der Waals surface area contributed by atoms with Crippen molar-refractivity contribution in [2.24, 2.45) is 5.41 Å². The summed E-state index contributed by atoms with van der Waals surface area (Å²) >= 11 is 0. The van der Waals surface area contributed by atoms with Gasteiger partial charge in [0.1, 0.15) is 5.75 Å². The summed E-state index contributed by atoms with van der Waals surface area (Å²) in [7, 11) is 6.21. The van der Waals surface area contributed by atoms with Crippen LogP contribution < -0.4 is 19.5 Å². The largest absolute Gasteiger partial charge is 0.497 e. The summed E-state index contributed by atoms with van der Waals surface area (Å²) in [6, 6.07) is 13.3. The lowest BCUT2D eigenvalue weighted by Crippen LogP contribution is -2.45. The van der Waals surface area contributed by atoms with E-state index in [0.717, 1.165) is 62.3 Å². The van der Waals surface area contributed by atoms with Crippen molar-refractivity contribution in [2.45, 2.75) is 38.3 Å². The molecule has 0 bridgehead atoms. The van der Waals surface area contributed by atoms with Gasteiger partial charge in [-0.1, -0.05) is 18.2 Å². The van der Waals surface area contributed by atoms with E-state index < -0.39 is 6.09 Å². The first-order valence-corrected chi connectivity index (χ1v) is 13.1. The molecule has 2 amide bonds. The number of carbonyl (C=O) groups excluding carboxylic acids is 2. The van der Waals surface area contributed by atoms with Crippen molar-refractivity contribution in [3.63, 3.8) is 0 Å². The summed E-state index contributed by atoms with van der Waals surface area (Å²) in [6.07, 6.45) is 2.85. The van der Waals surface area contributed by atoms with Gasteiger partial charge in [0.15, 0.2) is 11.5 Å². The average Bonchev–Trinajstić information content (AvgIpc) is 3.25. The van der Waals surface area contributed by atoms with Crippen LogP contribution >= 0.6 is 12.4 Å². The second-order valence-corrected chi connectivity index (χ2v) is 10.0. The molecule has 2 aliphatic heterocycles. The molecule has 214 valence electrons. The highest BCUT2D eigenvalue weighted by molar-refractivity contribution is 5.85. The molecular weight excluding hydrogens is 522 g/mol. The Morgan fingerprint density at radius 2 is 1.59 bits per heavy atom. The summed E-state index contributed by atoms with van der Waals surface area (Å²) in [5.74, 6) is 2.35. The minimum atomic E-state index is -0.476. The molecule has 0 aromatic heterocycles. The summed E-state index contributed by atoms with van der Waals surface area (Å²) < 4.78 is 20.9. The number of hydrogen-bond donors (Lipinski definition) is 1. The number of nitrogens with one attached hydrogen (secondary N) is 1. The average molecular weight is 562 g/mol. The van der Waals surface area contributed by atoms with Crippen LogP contribution in [0.4, 0.5) is 4.79 Å². The minimum absolute atomic E-state index is 0. The number of piperidine rings is 1. The summed E-state index contributed by atoms with van der Waals surface area (Å²) in [4.78, 5) is 29.9. The third kappa shape index (κ3) is 7.08. The van der Waals surface area contributed by atoms with Crippen molar-refractivity contribution in [3.05, 3.63) is 53.6 Å². The van der Waals surface area contributed by atoms with Gasteiger partial charge in [-0.2, -0.15) is 0 Å². The topological polar surface area (TPSA) is 89.6 Å². The lowest BCUT2D eigenvalue weighted by atomic mass is 9.77. The molecule has 4 rings (SSSR count). The molecule has 2 saturated heterocycles. The molecule has 2 aromatic rings. The van der Waals surface area contributed by atoms with E-state index in [1.165, 1.54) is 7.11 Å². The number of ether oxygens (including phenoxy) is 4. The van der Waals surface area contributed by atoms with E-state index in [1.807, 2.05) is 47.4 Å². The third-order valence-corrected chi connectivity index (χ3v) is 7.97. The molecule has 1 spiro atoms. The number of methoxy groups -OCH3 is 4. The quantitative estimate of drug-likeness (QED) is 0.459. The Morgan fingerprint density at radius 1 is 0.923 bits per heavy atom. The first-order chi connectivity index (χ1) is 18.4. The molecule has 2 fully saturated rings. The Kier molecular flexibility index (Phi) is 10.7. The van der Waals surface area contributed by atoms with Crippen molar-refractivity contribution in [1.82, 2.24) is 15.1 Å². The molecular formula is C29H40ClN3O6. The fourth-order valence-corrected chi connectivity index (χ4v) is 5.57. The van der Waals surface area contributed by atoms with Gasteiger partial charge in [-0.25, -0.2) is 4.79 Å². The van der Waals surface area contributed by atoms with Crippen LogP contribution in [0.2, 0.25) is 0 Å². The number of carbonyl (C=O) groups is 2. The van der Waals surface area contributed by atoms with Gasteiger partial charge < -0.3 is 34.1 Å². The van der Waals surface area contributed by atoms with E-state index in [4.69, 9.17) is 18.9 Å². The van der Waals surface area contributed by atoms with Gasteiger partial charge in [0.25, 0.3) is 0 Å². The predicted molar refractivity (Wildman–Crippen MR) is 151 cm³/mol. The summed E-state index contributed by atoms with van der Waals surface area (Å²) in [6.45, 7) is 3.95. The Labute approximate surface area is 237 Å². The number of benzene rings is 2. The standard InChI is InChI=1S/C29H39N3O6.ClH/c1-35-23-8-5-21(6-9-23)20-32-18-14-29(27(32)33)12-16-31(17-13-29)15-11-24(30-28(34)38-4)22-7-10-25(36-2)26(19-22)37-3;/h5-10,19,24H,11-18,20H2,1-4H3,(H,30,34);1H. The maximum atomic E-state index is 13.4. The first-order valence-electron chi connectivity index (χ1n) is 13.1. The number of nitrogens with zero attached hydrogens (tertiary/aromatic N) is 2. The highest BCUT2D eigenvalue weighted by Gasteiger charge is 2.47. The lowest BCUT2D eigenvalue weighted by molar-refractivity contribution is -0.138. The van der Waals surface area contributed by atoms with Crippen molar-refractivity contribution in [2.75, 3.05) is 54.6 Å². The van der Waals surface area contributed by atoms with Crippen LogP contribution in [0.5, 0.6) is 17.2 Å². The number of amides is 2. The van der Waals surface area contributed by atoms with Crippen LogP contribution in [0.25, 0.3) is 0 Å². The Bertz CT molecular complexity index is 1100. The maximum absolute atomic E-state index is 13.4. The molecule has 10 heteroatoms. The highest BCUT2D eigenvalue weighted by Crippen LogP contribution is 2.42. The molecule has 1 N–H and O–H groups in total. The van der Waals surface area contributed by atoms with Gasteiger partial charge >= 0.3 is 6.09 Å². The zero-order valence-corrected chi connectivity index (χ0v) is 24.1. The molecule has 0 saturated carbocycles. The second kappa shape index (κ2) is 13.8. The van der Waals surface area contributed by atoms with E-state index in [0.29, 0.717) is 24.5 Å². The van der Waals surface area contributed by atoms with E-state index in [-0.39, 0.29) is 29.8 Å². The number of rotatable bonds is 10. The third-order valence-electron chi connectivity index (χ3n) is 7.97. The number of hydrogen-bond acceptors (Lipinski definition) is 7. The molecule has 9 nitrogen and oxygen atoms in total. The van der Waals surface area contributed by atoms with E-state index in [9.17, 15) is 9.59 Å². The van der Waals surface area contributed by atoms with Crippen molar-refractivity contribution in [1.29, 1.82) is 0 Å². The molecule has 39 heavy (non-hydrogen) atoms. The van der Waals surface area contributed by atoms with Gasteiger partial charge in [-0.05, 0) is 74.2 Å². The summed E-state index contributed by atoms with van der Waals surface area (Å²) in [5.41, 5.74) is 1.78. The number of halogens is 1. The van der Waals surface area contributed by atoms with Crippen LogP contribution in [-0.4, -0.2) is 76.4 Å². The van der Waals surface area contributed by atoms with Crippen LogP contribution in [0.15, 0.2) is 42.5 Å². The Morgan fingerprint density at radius 3 is 2.21 bits per heavy atom. The number of alkyl carbamates (subject to hydrolysis) is 1. The molecule has 2 aromatic carbocycles. The van der Waals surface area contributed by atoms with E-state index in [2.05, 4.69) is 10.2 Å². The van der Waals surface area contributed by atoms with Crippen LogP contribution in [-0.2, 0) is 16.1 Å². The van der Waals surface area contributed by atoms with Crippen LogP contribution in [0.3, 0.4) is 0 Å². The van der Waals surface area contributed by atoms with Crippen molar-refractivity contribution >= 4 is 24.4 Å². The van der Waals surface area contributed by atoms with Crippen molar-refractivity contribution < 1.29 is 28.5 Å². The smallest absolute Gasteiger partial charge is 0.407 e. The maximum Gasteiger partial charge on any atom is 0.407 e. The Balaban J connectivity index is 0.00000420. The fraction of sp³-hybridized carbons (Fsp3) is 0.517. The van der Waals surface area contributed by atoms with Gasteiger partial charge in [-0.3, -0.25) is 4.79 Å². The van der Waals surface area contributed by atoms with Gasteiger partial charge in [-0.15, -0.1) is 12.4 Å². The predicted octanol–water partition coefficient (Wildman–Crippen LogP) is 4.44. The summed E-state index contributed by atoms with van der Waals surface area (Å²) in [5, 5.41) is 2.95. The SMILES string of the molecule is COC(=O)NC(CCN1CCC2(CC1)CCN(Cc1ccc(OC)cc1)C2=O)c1ccc(OC)c(OC)c1.Cl. The lowest BCUT2D eigenvalue weighted by Gasteiger charge is -2.38. The molecule has 2 heterocycles. The zero-order valence-electron chi connectivity index (χ0n) is 23.2. The molecule has 1 unspecified atom stereocenters. The van der Waals surface area contributed by atoms with E-state index in [1.54, 1.807) is 21.3 Å². The normalized spacial score (nSPS) is 17.3. The van der Waals surface area contributed by atoms with Crippen molar-refractivity contribution in [3.8, 4) is 17.2 Å². The second-order valence-electron chi connectivity index (χ2n) is 10.0. The zero-order chi connectivity index (χ0) is 27.1. The Hall–Kier alpha value is -3.17. The highest BCUT2D eigenvalue weighted by atomic mass is 35.5. The molecule has 0 aliphatic carbocycles. The molecule has 2 aliphatic rings. The van der Waals surface area contributed by atoms with E-state index >= 15 is 0 Å². The van der Waals surface area contributed by atoms with Crippen LogP contribution in [0, 0.1) is 5.41 Å². The van der Waals surface area contributed by atoms with Gasteiger partial charge in [0.05, 0.1) is 39.9 Å².